The molecule has 3 atom stereocenters. The molecule has 112 valence electrons. The molecule has 0 aliphatic heterocycles. The van der Waals surface area contributed by atoms with E-state index in [0.29, 0.717) is 0 Å². The third-order valence-electron chi connectivity index (χ3n) is 5.47. The van der Waals surface area contributed by atoms with E-state index in [0.717, 1.165) is 30.5 Å². The van der Waals surface area contributed by atoms with Gasteiger partial charge in [0.25, 0.3) is 0 Å². The van der Waals surface area contributed by atoms with Gasteiger partial charge in [-0.25, -0.2) is 0 Å². The van der Waals surface area contributed by atoms with Crippen molar-refractivity contribution in [3.05, 3.63) is 0 Å². The largest absolute Gasteiger partial charge is 0.314 e. The highest BCUT2D eigenvalue weighted by Crippen LogP contribution is 2.34. The Labute approximate surface area is 120 Å². The second-order valence-corrected chi connectivity index (χ2v) is 6.92. The van der Waals surface area contributed by atoms with Gasteiger partial charge in [-0.15, -0.1) is 0 Å². The van der Waals surface area contributed by atoms with Crippen molar-refractivity contribution in [2.24, 2.45) is 11.8 Å². The summed E-state index contributed by atoms with van der Waals surface area (Å²) in [4.78, 5) is 2.66. The quantitative estimate of drug-likeness (QED) is 0.756. The first-order valence-corrected chi connectivity index (χ1v) is 8.68. The highest BCUT2D eigenvalue weighted by atomic mass is 15.1. The van der Waals surface area contributed by atoms with E-state index in [1.165, 1.54) is 57.9 Å². The Hall–Kier alpha value is -0.0800. The second kappa shape index (κ2) is 7.64. The molecule has 0 saturated heterocycles. The van der Waals surface area contributed by atoms with Crippen LogP contribution in [-0.4, -0.2) is 37.1 Å². The first kappa shape index (κ1) is 15.3. The third-order valence-corrected chi connectivity index (χ3v) is 5.47. The lowest BCUT2D eigenvalue weighted by atomic mass is 9.75. The summed E-state index contributed by atoms with van der Waals surface area (Å²) in [6, 6.07) is 1.68. The van der Waals surface area contributed by atoms with Crippen LogP contribution in [0, 0.1) is 11.8 Å². The fraction of sp³-hybridized carbons (Fsp3) is 1.00. The molecule has 0 heterocycles. The van der Waals surface area contributed by atoms with Crippen molar-refractivity contribution >= 4 is 0 Å². The highest BCUT2D eigenvalue weighted by Gasteiger charge is 2.32. The van der Waals surface area contributed by atoms with Gasteiger partial charge in [-0.1, -0.05) is 33.1 Å². The van der Waals surface area contributed by atoms with Gasteiger partial charge in [0.05, 0.1) is 0 Å². The first-order valence-electron chi connectivity index (χ1n) is 8.68. The van der Waals surface area contributed by atoms with Crippen LogP contribution in [0.3, 0.4) is 0 Å². The first-order chi connectivity index (χ1) is 9.24. The summed E-state index contributed by atoms with van der Waals surface area (Å²) < 4.78 is 0. The molecular weight excluding hydrogens is 232 g/mol. The smallest absolute Gasteiger partial charge is 0.0108 e. The number of hydrogen-bond donors (Lipinski definition) is 1. The molecule has 2 fully saturated rings. The zero-order valence-corrected chi connectivity index (χ0v) is 13.3. The third kappa shape index (κ3) is 4.19. The van der Waals surface area contributed by atoms with Gasteiger partial charge in [0.2, 0.25) is 0 Å². The summed E-state index contributed by atoms with van der Waals surface area (Å²) in [6.45, 7) is 7.05. The van der Waals surface area contributed by atoms with Gasteiger partial charge in [-0.2, -0.15) is 0 Å². The van der Waals surface area contributed by atoms with Crippen LogP contribution in [0.15, 0.2) is 0 Å². The summed E-state index contributed by atoms with van der Waals surface area (Å²) >= 11 is 0. The predicted molar refractivity (Wildman–Crippen MR) is 83.5 cm³/mol. The summed E-state index contributed by atoms with van der Waals surface area (Å²) in [6.07, 6.45) is 11.5. The van der Waals surface area contributed by atoms with Crippen LogP contribution in [0.2, 0.25) is 0 Å². The lowest BCUT2D eigenvalue weighted by molar-refractivity contribution is 0.0957. The van der Waals surface area contributed by atoms with Crippen molar-refractivity contribution in [1.82, 2.24) is 10.2 Å². The molecule has 1 N–H and O–H groups in total. The number of rotatable bonds is 7. The van der Waals surface area contributed by atoms with Crippen molar-refractivity contribution in [3.63, 3.8) is 0 Å². The Balaban J connectivity index is 1.86. The van der Waals surface area contributed by atoms with Crippen molar-refractivity contribution in [3.8, 4) is 0 Å². The van der Waals surface area contributed by atoms with E-state index in [1.807, 2.05) is 0 Å². The minimum Gasteiger partial charge on any atom is -0.314 e. The molecule has 2 nitrogen and oxygen atoms in total. The fourth-order valence-electron chi connectivity index (χ4n) is 4.11. The molecule has 0 radical (unpaired) electrons. The van der Waals surface area contributed by atoms with E-state index in [9.17, 15) is 0 Å². The lowest BCUT2D eigenvalue weighted by Crippen LogP contribution is -2.48. The molecule has 2 heteroatoms. The summed E-state index contributed by atoms with van der Waals surface area (Å²) in [7, 11) is 2.36. The van der Waals surface area contributed by atoms with Gasteiger partial charge in [0, 0.05) is 18.6 Å². The van der Waals surface area contributed by atoms with Gasteiger partial charge in [-0.05, 0) is 57.5 Å². The lowest BCUT2D eigenvalue weighted by Gasteiger charge is -2.42. The Kier molecular flexibility index (Phi) is 6.15. The normalized spacial score (nSPS) is 32.5. The second-order valence-electron chi connectivity index (χ2n) is 6.92. The Morgan fingerprint density at radius 3 is 2.47 bits per heavy atom. The molecule has 0 aromatic rings. The minimum absolute atomic E-state index is 0.778. The zero-order valence-electron chi connectivity index (χ0n) is 13.3. The number of hydrogen-bond acceptors (Lipinski definition) is 2. The molecule has 2 saturated carbocycles. The fourth-order valence-corrected chi connectivity index (χ4v) is 4.11. The molecule has 0 bridgehead atoms. The topological polar surface area (TPSA) is 15.3 Å². The Morgan fingerprint density at radius 1 is 1.11 bits per heavy atom. The number of nitrogens with one attached hydrogen (secondary N) is 1. The summed E-state index contributed by atoms with van der Waals surface area (Å²) in [5.74, 6) is 1.88. The van der Waals surface area contributed by atoms with Gasteiger partial charge in [0.15, 0.2) is 0 Å². The van der Waals surface area contributed by atoms with Gasteiger partial charge >= 0.3 is 0 Å². The molecule has 0 spiro atoms. The number of nitrogens with zero attached hydrogens (tertiary/aromatic N) is 1. The summed E-state index contributed by atoms with van der Waals surface area (Å²) in [5, 5.41) is 3.75. The van der Waals surface area contributed by atoms with E-state index in [1.54, 1.807) is 0 Å². The molecule has 2 rings (SSSR count). The van der Waals surface area contributed by atoms with Crippen LogP contribution in [0.4, 0.5) is 0 Å². The van der Waals surface area contributed by atoms with Crippen molar-refractivity contribution in [2.45, 2.75) is 77.3 Å². The van der Waals surface area contributed by atoms with Gasteiger partial charge in [-0.3, -0.25) is 0 Å². The van der Waals surface area contributed by atoms with Crippen molar-refractivity contribution in [2.75, 3.05) is 20.1 Å². The van der Waals surface area contributed by atoms with E-state index < -0.39 is 0 Å². The summed E-state index contributed by atoms with van der Waals surface area (Å²) in [5.41, 5.74) is 0. The predicted octanol–water partition coefficient (Wildman–Crippen LogP) is 3.67. The monoisotopic (exact) mass is 266 g/mol. The maximum atomic E-state index is 3.75. The molecule has 2 aliphatic rings. The zero-order chi connectivity index (χ0) is 13.7. The van der Waals surface area contributed by atoms with Gasteiger partial charge in [0.1, 0.15) is 0 Å². The van der Waals surface area contributed by atoms with Crippen LogP contribution in [0.1, 0.15) is 65.2 Å². The Bertz CT molecular complexity index is 250. The van der Waals surface area contributed by atoms with Gasteiger partial charge < -0.3 is 10.2 Å². The maximum Gasteiger partial charge on any atom is 0.0108 e. The molecule has 2 aliphatic carbocycles. The molecule has 19 heavy (non-hydrogen) atoms. The molecule has 3 unspecified atom stereocenters. The maximum absolute atomic E-state index is 3.75. The van der Waals surface area contributed by atoms with Crippen molar-refractivity contribution < 1.29 is 0 Å². The Morgan fingerprint density at radius 2 is 1.89 bits per heavy atom. The van der Waals surface area contributed by atoms with E-state index in [4.69, 9.17) is 0 Å². The molecular formula is C17H34N2. The average Bonchev–Trinajstić information content (AvgIpc) is 2.30. The van der Waals surface area contributed by atoms with Crippen molar-refractivity contribution in [1.29, 1.82) is 0 Å². The standard InChI is InChI=1S/C17H34N2/c1-4-7-14-10-11-17(18-5-2)15(12-14)13-19(3)16-8-6-9-16/h14-18H,4-13H2,1-3H3. The SMILES string of the molecule is CCCC1CCC(NCC)C(CN(C)C2CCC2)C1. The van der Waals surface area contributed by atoms with E-state index in [2.05, 4.69) is 31.1 Å². The van der Waals surface area contributed by atoms with Crippen LogP contribution in [0.5, 0.6) is 0 Å². The van der Waals surface area contributed by atoms with Crippen LogP contribution in [-0.2, 0) is 0 Å². The van der Waals surface area contributed by atoms with E-state index in [-0.39, 0.29) is 0 Å². The molecule has 0 aromatic heterocycles. The minimum atomic E-state index is 0.778. The van der Waals surface area contributed by atoms with Crippen LogP contribution >= 0.6 is 0 Å². The molecule has 0 amide bonds. The molecule has 0 aromatic carbocycles. The van der Waals surface area contributed by atoms with E-state index >= 15 is 0 Å². The average molecular weight is 266 g/mol. The van der Waals surface area contributed by atoms with Crippen LogP contribution in [0.25, 0.3) is 0 Å². The van der Waals surface area contributed by atoms with Crippen LogP contribution < -0.4 is 5.32 Å². The highest BCUT2D eigenvalue weighted by molar-refractivity contribution is 4.88.